The van der Waals surface area contributed by atoms with Gasteiger partial charge in [-0.3, -0.25) is 9.59 Å². The van der Waals surface area contributed by atoms with Gasteiger partial charge >= 0.3 is 0 Å². The van der Waals surface area contributed by atoms with Crippen LogP contribution in [0.3, 0.4) is 0 Å². The number of carbonyl (C=O) groups excluding carboxylic acids is 2. The van der Waals surface area contributed by atoms with E-state index in [2.05, 4.69) is 11.1 Å². The van der Waals surface area contributed by atoms with E-state index in [0.29, 0.717) is 17.8 Å². The average molecular weight is 382 g/mol. The first-order valence-electron chi connectivity index (χ1n) is 9.34. The molecule has 0 spiro atoms. The van der Waals surface area contributed by atoms with Gasteiger partial charge < -0.3 is 9.88 Å². The van der Waals surface area contributed by atoms with E-state index < -0.39 is 0 Å². The van der Waals surface area contributed by atoms with Crippen LogP contribution in [-0.4, -0.2) is 33.1 Å². The second kappa shape index (κ2) is 6.93. The summed E-state index contributed by atoms with van der Waals surface area (Å²) < 4.78 is 1.15. The van der Waals surface area contributed by atoms with Crippen LogP contribution >= 0.6 is 11.3 Å². The Morgan fingerprint density at radius 3 is 2.70 bits per heavy atom. The Bertz CT molecular complexity index is 1000. The first-order chi connectivity index (χ1) is 13.0. The van der Waals surface area contributed by atoms with Gasteiger partial charge in [0.15, 0.2) is 5.78 Å². The highest BCUT2D eigenvalue weighted by atomic mass is 32.1. The molecule has 0 radical (unpaired) electrons. The third kappa shape index (κ3) is 3.08. The standard InChI is InChI=1S/C21H23N3O2S/c1-12-18(14(3)25)13(2)22-19(12)21(26)24-11-7-6-9-16(24)20-23-15-8-4-5-10-17(15)27-20/h4-5,8,10,16,22H,6-7,9,11H2,1-3H3/t16-/m0/s1. The van der Waals surface area contributed by atoms with Gasteiger partial charge in [-0.1, -0.05) is 12.1 Å². The number of H-pyrrole nitrogens is 1. The van der Waals surface area contributed by atoms with Crippen LogP contribution < -0.4 is 0 Å². The number of piperidine rings is 1. The van der Waals surface area contributed by atoms with Crippen LogP contribution in [0.5, 0.6) is 0 Å². The van der Waals surface area contributed by atoms with Crippen molar-refractivity contribution in [2.24, 2.45) is 0 Å². The number of Topliss-reactive ketones (excluding diaryl/α,β-unsaturated/α-hetero) is 1. The molecule has 0 saturated carbocycles. The summed E-state index contributed by atoms with van der Waals surface area (Å²) in [6.45, 7) is 5.96. The SMILES string of the molecule is CC(=O)c1c(C)[nH]c(C(=O)N2CCCC[C@H]2c2nc3ccccc3s2)c1C. The number of nitrogens with zero attached hydrogens (tertiary/aromatic N) is 2. The normalized spacial score (nSPS) is 17.4. The van der Waals surface area contributed by atoms with Crippen molar-refractivity contribution in [3.63, 3.8) is 0 Å². The van der Waals surface area contributed by atoms with Gasteiger partial charge in [-0.25, -0.2) is 4.98 Å². The van der Waals surface area contributed by atoms with Crippen molar-refractivity contribution in [2.45, 2.75) is 46.1 Å². The average Bonchev–Trinajstić information content (AvgIpc) is 3.21. The lowest BCUT2D eigenvalue weighted by molar-refractivity contribution is 0.0605. The number of hydrogen-bond acceptors (Lipinski definition) is 4. The fourth-order valence-corrected chi connectivity index (χ4v) is 5.21. The molecule has 1 aliphatic rings. The van der Waals surface area contributed by atoms with E-state index >= 15 is 0 Å². The summed E-state index contributed by atoms with van der Waals surface area (Å²) in [6.07, 6.45) is 3.00. The van der Waals surface area contributed by atoms with Gasteiger partial charge in [0.1, 0.15) is 10.7 Å². The zero-order valence-corrected chi connectivity index (χ0v) is 16.7. The summed E-state index contributed by atoms with van der Waals surface area (Å²) in [5.41, 5.74) is 3.66. The fraction of sp³-hybridized carbons (Fsp3) is 0.381. The Balaban J connectivity index is 1.71. The fourth-order valence-electron chi connectivity index (χ4n) is 4.10. The van der Waals surface area contributed by atoms with E-state index in [0.717, 1.165) is 45.7 Å². The van der Waals surface area contributed by atoms with E-state index in [9.17, 15) is 9.59 Å². The second-order valence-electron chi connectivity index (χ2n) is 7.21. The molecule has 1 aliphatic heterocycles. The minimum absolute atomic E-state index is 0.00701. The molecule has 1 N–H and O–H groups in total. The summed E-state index contributed by atoms with van der Waals surface area (Å²) in [5, 5.41) is 0.997. The van der Waals surface area contributed by atoms with Crippen molar-refractivity contribution >= 4 is 33.2 Å². The number of para-hydroxylation sites is 1. The van der Waals surface area contributed by atoms with Crippen LogP contribution in [0.1, 0.15) is 69.3 Å². The van der Waals surface area contributed by atoms with Gasteiger partial charge in [0.25, 0.3) is 5.91 Å². The maximum Gasteiger partial charge on any atom is 0.271 e. The van der Waals surface area contributed by atoms with Crippen LogP contribution in [0.25, 0.3) is 10.2 Å². The smallest absolute Gasteiger partial charge is 0.271 e. The lowest BCUT2D eigenvalue weighted by atomic mass is 10.0. The first kappa shape index (κ1) is 17.9. The van der Waals surface area contributed by atoms with Crippen molar-refractivity contribution in [3.8, 4) is 0 Å². The number of ketones is 1. The van der Waals surface area contributed by atoms with Gasteiger partial charge in [-0.15, -0.1) is 11.3 Å². The Morgan fingerprint density at radius 2 is 2.00 bits per heavy atom. The number of aromatic nitrogens is 2. The maximum atomic E-state index is 13.4. The van der Waals surface area contributed by atoms with Gasteiger partial charge in [-0.2, -0.15) is 0 Å². The highest BCUT2D eigenvalue weighted by Crippen LogP contribution is 2.36. The summed E-state index contributed by atoms with van der Waals surface area (Å²) in [4.78, 5) is 35.2. The van der Waals surface area contributed by atoms with E-state index in [1.807, 2.05) is 36.9 Å². The van der Waals surface area contributed by atoms with Crippen LogP contribution in [0.15, 0.2) is 24.3 Å². The van der Waals surface area contributed by atoms with Crippen molar-refractivity contribution in [1.82, 2.24) is 14.9 Å². The van der Waals surface area contributed by atoms with E-state index in [1.54, 1.807) is 18.3 Å². The highest BCUT2D eigenvalue weighted by Gasteiger charge is 2.33. The molecular formula is C21H23N3O2S. The zero-order valence-electron chi connectivity index (χ0n) is 15.8. The van der Waals surface area contributed by atoms with Crippen molar-refractivity contribution in [3.05, 3.63) is 51.8 Å². The molecule has 5 nitrogen and oxygen atoms in total. The molecule has 1 fully saturated rings. The van der Waals surface area contributed by atoms with Gasteiger partial charge in [-0.05, 0) is 57.7 Å². The summed E-state index contributed by atoms with van der Waals surface area (Å²) in [6, 6.07) is 8.09. The Kier molecular flexibility index (Phi) is 4.60. The number of hydrogen-bond donors (Lipinski definition) is 1. The molecule has 4 rings (SSSR count). The van der Waals surface area contributed by atoms with Crippen molar-refractivity contribution in [2.75, 3.05) is 6.54 Å². The predicted octanol–water partition coefficient (Wildman–Crippen LogP) is 4.81. The lowest BCUT2D eigenvalue weighted by Crippen LogP contribution is -2.39. The molecule has 0 aliphatic carbocycles. The molecule has 0 unspecified atom stereocenters. The number of aromatic amines is 1. The highest BCUT2D eigenvalue weighted by molar-refractivity contribution is 7.18. The third-order valence-corrected chi connectivity index (χ3v) is 6.50. The molecule has 1 amide bonds. The number of benzene rings is 1. The molecule has 1 aromatic carbocycles. The number of aryl methyl sites for hydroxylation is 1. The summed E-state index contributed by atoms with van der Waals surface area (Å²) in [5.74, 6) is -0.0475. The zero-order chi connectivity index (χ0) is 19.1. The lowest BCUT2D eigenvalue weighted by Gasteiger charge is -2.34. The first-order valence-corrected chi connectivity index (χ1v) is 10.2. The van der Waals surface area contributed by atoms with Crippen LogP contribution in [-0.2, 0) is 0 Å². The number of thiazole rings is 1. The molecule has 1 saturated heterocycles. The van der Waals surface area contributed by atoms with Crippen LogP contribution in [0, 0.1) is 13.8 Å². The number of fused-ring (bicyclic) bond motifs is 1. The number of rotatable bonds is 3. The molecule has 6 heteroatoms. The Hall–Kier alpha value is -2.47. The Morgan fingerprint density at radius 1 is 1.22 bits per heavy atom. The van der Waals surface area contributed by atoms with E-state index in [4.69, 9.17) is 4.98 Å². The number of nitrogens with one attached hydrogen (secondary N) is 1. The molecule has 0 bridgehead atoms. The van der Waals surface area contributed by atoms with Crippen LogP contribution in [0.4, 0.5) is 0 Å². The quantitative estimate of drug-likeness (QED) is 0.662. The van der Waals surface area contributed by atoms with Crippen LogP contribution in [0.2, 0.25) is 0 Å². The monoisotopic (exact) mass is 381 g/mol. The molecule has 3 aromatic rings. The largest absolute Gasteiger partial charge is 0.354 e. The molecule has 140 valence electrons. The summed E-state index contributed by atoms with van der Waals surface area (Å²) in [7, 11) is 0. The predicted molar refractivity (Wildman–Crippen MR) is 108 cm³/mol. The minimum atomic E-state index is -0.0351. The van der Waals surface area contributed by atoms with Gasteiger partial charge in [0.2, 0.25) is 0 Å². The van der Waals surface area contributed by atoms with E-state index in [1.165, 1.54) is 0 Å². The molecule has 27 heavy (non-hydrogen) atoms. The number of carbonyl (C=O) groups is 2. The summed E-state index contributed by atoms with van der Waals surface area (Å²) >= 11 is 1.67. The van der Waals surface area contributed by atoms with E-state index in [-0.39, 0.29) is 17.7 Å². The van der Waals surface area contributed by atoms with Crippen molar-refractivity contribution < 1.29 is 9.59 Å². The second-order valence-corrected chi connectivity index (χ2v) is 8.27. The van der Waals surface area contributed by atoms with Gasteiger partial charge in [0.05, 0.1) is 16.3 Å². The minimum Gasteiger partial charge on any atom is -0.354 e. The third-order valence-electron chi connectivity index (χ3n) is 5.36. The molecular weight excluding hydrogens is 358 g/mol. The number of likely N-dealkylation sites (tertiary alicyclic amines) is 1. The van der Waals surface area contributed by atoms with Crippen molar-refractivity contribution in [1.29, 1.82) is 0 Å². The van der Waals surface area contributed by atoms with Gasteiger partial charge in [0, 0.05) is 17.8 Å². The number of amides is 1. The topological polar surface area (TPSA) is 66.1 Å². The molecule has 1 atom stereocenters. The molecule has 2 aromatic heterocycles. The molecule has 3 heterocycles. The Labute approximate surface area is 162 Å². The maximum absolute atomic E-state index is 13.4.